The van der Waals surface area contributed by atoms with Crippen molar-refractivity contribution < 1.29 is 14.0 Å². The van der Waals surface area contributed by atoms with Crippen LogP contribution in [0.2, 0.25) is 0 Å². The van der Waals surface area contributed by atoms with Gasteiger partial charge in [0.15, 0.2) is 0 Å². The third kappa shape index (κ3) is 14.4. The molecule has 4 heteroatoms. The Balaban J connectivity index is 3.67. The van der Waals surface area contributed by atoms with Gasteiger partial charge in [-0.25, -0.2) is 0 Å². The fraction of sp³-hybridized carbons (Fsp3) is 1.00. The molecule has 3 nitrogen and oxygen atoms in total. The van der Waals surface area contributed by atoms with E-state index in [0.29, 0.717) is 6.61 Å². The molecule has 0 amide bonds. The molecule has 0 saturated carbocycles. The first-order valence-corrected chi connectivity index (χ1v) is 9.32. The fourth-order valence-electron chi connectivity index (χ4n) is 2.49. The van der Waals surface area contributed by atoms with Crippen LogP contribution in [0.4, 0.5) is 0 Å². The minimum Gasteiger partial charge on any atom is -0.326 e. The van der Waals surface area contributed by atoms with Gasteiger partial charge in [-0.3, -0.25) is 4.57 Å². The summed E-state index contributed by atoms with van der Waals surface area (Å²) >= 11 is 0. The Morgan fingerprint density at radius 3 is 1.79 bits per heavy atom. The molecule has 0 bridgehead atoms. The summed E-state index contributed by atoms with van der Waals surface area (Å²) in [5.74, 6) is 0.851. The van der Waals surface area contributed by atoms with Gasteiger partial charge in [-0.1, -0.05) is 78.1 Å². The predicted molar refractivity (Wildman–Crippen MR) is 82.8 cm³/mol. The van der Waals surface area contributed by atoms with Crippen LogP contribution in [0.1, 0.15) is 84.5 Å². The van der Waals surface area contributed by atoms with E-state index in [1.165, 1.54) is 57.8 Å². The lowest BCUT2D eigenvalue weighted by molar-refractivity contribution is 0.267. The minimum absolute atomic E-state index is 0.435. The summed E-state index contributed by atoms with van der Waals surface area (Å²) in [6.45, 7) is 4.94. The lowest BCUT2D eigenvalue weighted by atomic mass is 9.90. The van der Waals surface area contributed by atoms with E-state index in [2.05, 4.69) is 13.8 Å². The van der Waals surface area contributed by atoms with Crippen molar-refractivity contribution in [1.82, 2.24) is 0 Å². The highest BCUT2D eigenvalue weighted by molar-refractivity contribution is 7.32. The molecule has 0 saturated heterocycles. The molecule has 0 aliphatic carbocycles. The number of hydrogen-bond donors (Lipinski definition) is 1. The van der Waals surface area contributed by atoms with E-state index in [4.69, 9.17) is 9.42 Å². The second kappa shape index (κ2) is 14.6. The van der Waals surface area contributed by atoms with Crippen molar-refractivity contribution in [3.8, 4) is 0 Å². The number of unbranched alkanes of at least 4 members (excludes halogenated alkanes) is 5. The van der Waals surface area contributed by atoms with E-state index >= 15 is 0 Å². The van der Waals surface area contributed by atoms with E-state index < -0.39 is 8.25 Å². The first-order chi connectivity index (χ1) is 9.20. The molecule has 0 aromatic carbocycles. The van der Waals surface area contributed by atoms with Crippen LogP contribution in [0, 0.1) is 5.92 Å². The molecule has 1 N–H and O–H groups in total. The summed E-state index contributed by atoms with van der Waals surface area (Å²) in [6.07, 6.45) is 14.0. The van der Waals surface area contributed by atoms with Crippen molar-refractivity contribution in [3.63, 3.8) is 0 Å². The van der Waals surface area contributed by atoms with Gasteiger partial charge in [-0.15, -0.1) is 0 Å². The summed E-state index contributed by atoms with van der Waals surface area (Å²) in [5.41, 5.74) is 0. The number of hydrogen-bond acceptors (Lipinski definition) is 2. The average molecular weight is 292 g/mol. The molecular weight excluding hydrogens is 259 g/mol. The second-order valence-corrected chi connectivity index (χ2v) is 6.29. The van der Waals surface area contributed by atoms with Crippen LogP contribution >= 0.6 is 8.25 Å². The van der Waals surface area contributed by atoms with Gasteiger partial charge in [0.05, 0.1) is 6.61 Å². The summed E-state index contributed by atoms with van der Waals surface area (Å²) in [7, 11) is -2.72. The van der Waals surface area contributed by atoms with Crippen molar-refractivity contribution >= 4 is 8.25 Å². The molecule has 0 aliphatic rings. The topological polar surface area (TPSA) is 46.5 Å². The van der Waals surface area contributed by atoms with Crippen LogP contribution in [0.5, 0.6) is 0 Å². The zero-order valence-electron chi connectivity index (χ0n) is 12.8. The normalized spacial score (nSPS) is 13.1. The third-order valence-electron chi connectivity index (χ3n) is 3.66. The van der Waals surface area contributed by atoms with E-state index in [9.17, 15) is 4.57 Å². The molecule has 0 fully saturated rings. The Labute approximate surface area is 120 Å². The molecule has 19 heavy (non-hydrogen) atoms. The molecule has 0 spiro atoms. The van der Waals surface area contributed by atoms with Crippen molar-refractivity contribution in [2.24, 2.45) is 5.92 Å². The van der Waals surface area contributed by atoms with Gasteiger partial charge in [0.25, 0.3) is 0 Å². The quantitative estimate of drug-likeness (QED) is 0.347. The molecule has 0 aromatic rings. The molecule has 0 radical (unpaired) electrons. The third-order valence-corrected chi connectivity index (χ3v) is 4.12. The Morgan fingerprint density at radius 2 is 1.37 bits per heavy atom. The lowest BCUT2D eigenvalue weighted by Gasteiger charge is -2.16. The van der Waals surface area contributed by atoms with Gasteiger partial charge >= 0.3 is 8.25 Å². The van der Waals surface area contributed by atoms with Crippen LogP contribution in [0.3, 0.4) is 0 Å². The molecular formula is C15H33O3P. The zero-order valence-corrected chi connectivity index (χ0v) is 13.8. The van der Waals surface area contributed by atoms with E-state index in [1.807, 2.05) is 0 Å². The van der Waals surface area contributed by atoms with Crippen molar-refractivity contribution in [3.05, 3.63) is 0 Å². The lowest BCUT2D eigenvalue weighted by Crippen LogP contribution is -2.02. The maximum atomic E-state index is 10.4. The molecule has 0 heterocycles. The summed E-state index contributed by atoms with van der Waals surface area (Å²) in [5, 5.41) is 0. The Kier molecular flexibility index (Phi) is 14.7. The molecule has 1 unspecified atom stereocenters. The van der Waals surface area contributed by atoms with Crippen molar-refractivity contribution in [2.75, 3.05) is 6.61 Å². The van der Waals surface area contributed by atoms with Crippen LogP contribution < -0.4 is 0 Å². The van der Waals surface area contributed by atoms with Crippen molar-refractivity contribution in [1.29, 1.82) is 0 Å². The first-order valence-electron chi connectivity index (χ1n) is 8.06. The monoisotopic (exact) mass is 292 g/mol. The van der Waals surface area contributed by atoms with Gasteiger partial charge < -0.3 is 9.42 Å². The van der Waals surface area contributed by atoms with E-state index in [1.54, 1.807) is 0 Å². The maximum Gasteiger partial charge on any atom is 0.316 e. The Hall–Kier alpha value is 0.150. The second-order valence-electron chi connectivity index (χ2n) is 5.47. The van der Waals surface area contributed by atoms with Gasteiger partial charge in [-0.2, -0.15) is 0 Å². The highest BCUT2D eigenvalue weighted by Crippen LogP contribution is 2.23. The summed E-state index contributed by atoms with van der Waals surface area (Å²) in [6, 6.07) is 0. The van der Waals surface area contributed by atoms with Crippen LogP contribution in [-0.4, -0.2) is 11.5 Å². The zero-order chi connectivity index (χ0) is 14.3. The number of rotatable bonds is 14. The first kappa shape index (κ1) is 19.1. The smallest absolute Gasteiger partial charge is 0.316 e. The minimum atomic E-state index is -2.72. The van der Waals surface area contributed by atoms with E-state index in [0.717, 1.165) is 18.8 Å². The fourth-order valence-corrected chi connectivity index (χ4v) is 2.81. The van der Waals surface area contributed by atoms with Crippen LogP contribution in [0.15, 0.2) is 0 Å². The van der Waals surface area contributed by atoms with Gasteiger partial charge in [-0.05, 0) is 12.3 Å². The largest absolute Gasteiger partial charge is 0.326 e. The van der Waals surface area contributed by atoms with Crippen LogP contribution in [0.25, 0.3) is 0 Å². The highest BCUT2D eigenvalue weighted by Gasteiger charge is 2.08. The average Bonchev–Trinajstić information content (AvgIpc) is 2.38. The predicted octanol–water partition coefficient (Wildman–Crippen LogP) is 5.33. The van der Waals surface area contributed by atoms with Gasteiger partial charge in [0.1, 0.15) is 0 Å². The van der Waals surface area contributed by atoms with Crippen molar-refractivity contribution in [2.45, 2.75) is 84.5 Å². The highest BCUT2D eigenvalue weighted by atomic mass is 31.1. The van der Waals surface area contributed by atoms with Gasteiger partial charge in [0.2, 0.25) is 0 Å². The molecule has 1 atom stereocenters. The summed E-state index contributed by atoms with van der Waals surface area (Å²) in [4.78, 5) is 8.57. The van der Waals surface area contributed by atoms with E-state index in [-0.39, 0.29) is 0 Å². The van der Waals surface area contributed by atoms with Crippen LogP contribution in [-0.2, 0) is 9.09 Å². The summed E-state index contributed by atoms with van der Waals surface area (Å²) < 4.78 is 15.1. The maximum absolute atomic E-state index is 10.4. The Morgan fingerprint density at radius 1 is 0.895 bits per heavy atom. The Bertz CT molecular complexity index is 200. The molecule has 0 aromatic heterocycles. The molecule has 0 rings (SSSR count). The molecule has 0 aliphatic heterocycles. The standard InChI is InChI=1S/C15H33O3P/c1-3-5-7-11-15(12-8-6-4-2)13-9-10-14-18-19(16)17/h15,19H,3-14H2,1-2H3,(H,16,17). The molecule has 116 valence electrons. The van der Waals surface area contributed by atoms with Gasteiger partial charge in [0, 0.05) is 0 Å². The SMILES string of the molecule is CCCCCC(CCCCC)CCCCO[PH](=O)O.